The molecule has 0 heteroatoms. The van der Waals surface area contributed by atoms with Crippen molar-refractivity contribution in [2.75, 3.05) is 0 Å². The van der Waals surface area contributed by atoms with Crippen LogP contribution in [-0.4, -0.2) is 0 Å². The van der Waals surface area contributed by atoms with Gasteiger partial charge in [0.25, 0.3) is 0 Å². The molecule has 0 aromatic rings. The van der Waals surface area contributed by atoms with Gasteiger partial charge in [-0.05, 0) is 11.8 Å². The van der Waals surface area contributed by atoms with Crippen molar-refractivity contribution < 1.29 is 0 Å². The van der Waals surface area contributed by atoms with Gasteiger partial charge in [-0.2, -0.15) is 0 Å². The molecule has 150 valence electrons. The van der Waals surface area contributed by atoms with Gasteiger partial charge in [-0.15, -0.1) is 0 Å². The van der Waals surface area contributed by atoms with Gasteiger partial charge >= 0.3 is 0 Å². The molecule has 0 spiro atoms. The van der Waals surface area contributed by atoms with Crippen molar-refractivity contribution in [3.05, 3.63) is 0 Å². The van der Waals surface area contributed by atoms with Gasteiger partial charge in [0.2, 0.25) is 0 Å². The minimum atomic E-state index is 1.00. The summed E-state index contributed by atoms with van der Waals surface area (Å²) in [4.78, 5) is 0. The number of rotatable bonds is 17. The Morgan fingerprint density at radius 1 is 0.560 bits per heavy atom. The molecule has 0 amide bonds. The van der Waals surface area contributed by atoms with Crippen LogP contribution in [0.4, 0.5) is 0 Å². The highest BCUT2D eigenvalue weighted by Crippen LogP contribution is 2.32. The standard InChI is InChI=1S/C25H50/c1-3-4-5-6-7-8-9-10-11-12-13-14-15-16-18-21-24(2)25-22-19-17-20-23-25/h24-25H,3-23H2,1-2H3. The number of hydrogen-bond acceptors (Lipinski definition) is 0. The topological polar surface area (TPSA) is 0 Å². The van der Waals surface area contributed by atoms with Crippen LogP contribution in [0.15, 0.2) is 0 Å². The molecule has 0 aromatic carbocycles. The van der Waals surface area contributed by atoms with Crippen LogP contribution < -0.4 is 0 Å². The molecule has 0 aliphatic heterocycles. The molecule has 1 atom stereocenters. The van der Waals surface area contributed by atoms with Crippen LogP contribution in [0.25, 0.3) is 0 Å². The van der Waals surface area contributed by atoms with Crippen molar-refractivity contribution in [2.24, 2.45) is 11.8 Å². The maximum atomic E-state index is 2.53. The first kappa shape index (κ1) is 23.0. The lowest BCUT2D eigenvalue weighted by Gasteiger charge is -2.27. The number of hydrogen-bond donors (Lipinski definition) is 0. The zero-order valence-electron chi connectivity index (χ0n) is 18.0. The fourth-order valence-corrected chi connectivity index (χ4v) is 4.78. The molecule has 0 bridgehead atoms. The van der Waals surface area contributed by atoms with Gasteiger partial charge in [0.15, 0.2) is 0 Å². The van der Waals surface area contributed by atoms with Crippen LogP contribution in [0, 0.1) is 11.8 Å². The van der Waals surface area contributed by atoms with Crippen LogP contribution in [0.2, 0.25) is 0 Å². The average Bonchev–Trinajstić information content (AvgIpc) is 2.65. The van der Waals surface area contributed by atoms with Gasteiger partial charge in [0, 0.05) is 0 Å². The largest absolute Gasteiger partial charge is 0.0654 e. The second-order valence-electron chi connectivity index (χ2n) is 9.11. The Morgan fingerprint density at radius 2 is 0.960 bits per heavy atom. The molecule has 0 radical (unpaired) electrons. The van der Waals surface area contributed by atoms with Gasteiger partial charge in [-0.25, -0.2) is 0 Å². The Balaban J connectivity index is 1.73. The van der Waals surface area contributed by atoms with E-state index in [1.54, 1.807) is 0 Å². The third-order valence-electron chi connectivity index (χ3n) is 6.72. The zero-order chi connectivity index (χ0) is 18.0. The fourth-order valence-electron chi connectivity index (χ4n) is 4.78. The summed E-state index contributed by atoms with van der Waals surface area (Å²) in [6.07, 6.45) is 31.3. The van der Waals surface area contributed by atoms with E-state index in [0.29, 0.717) is 0 Å². The van der Waals surface area contributed by atoms with E-state index in [9.17, 15) is 0 Å². The highest BCUT2D eigenvalue weighted by atomic mass is 14.2. The number of unbranched alkanes of at least 4 members (excludes halogenated alkanes) is 14. The molecule has 1 aliphatic carbocycles. The van der Waals surface area contributed by atoms with Crippen LogP contribution in [-0.2, 0) is 0 Å². The third kappa shape index (κ3) is 13.8. The van der Waals surface area contributed by atoms with Crippen molar-refractivity contribution in [3.8, 4) is 0 Å². The van der Waals surface area contributed by atoms with E-state index in [-0.39, 0.29) is 0 Å². The summed E-state index contributed by atoms with van der Waals surface area (Å²) in [5, 5.41) is 0. The summed E-state index contributed by atoms with van der Waals surface area (Å²) in [5.41, 5.74) is 0. The average molecular weight is 351 g/mol. The van der Waals surface area contributed by atoms with Gasteiger partial charge in [-0.3, -0.25) is 0 Å². The molecule has 0 heterocycles. The monoisotopic (exact) mass is 350 g/mol. The van der Waals surface area contributed by atoms with Crippen LogP contribution >= 0.6 is 0 Å². The smallest absolute Gasteiger partial charge is 0.0388 e. The Labute approximate surface area is 160 Å². The van der Waals surface area contributed by atoms with Gasteiger partial charge in [0.1, 0.15) is 0 Å². The van der Waals surface area contributed by atoms with Crippen LogP contribution in [0.5, 0.6) is 0 Å². The zero-order valence-corrected chi connectivity index (χ0v) is 18.0. The fraction of sp³-hybridized carbons (Fsp3) is 1.00. The predicted octanol–water partition coefficient (Wildman–Crippen LogP) is 9.46. The second kappa shape index (κ2) is 17.4. The summed E-state index contributed by atoms with van der Waals surface area (Å²) in [5.74, 6) is 2.07. The highest BCUT2D eigenvalue weighted by Gasteiger charge is 2.19. The molecule has 1 aliphatic rings. The molecule has 1 rings (SSSR count). The van der Waals surface area contributed by atoms with E-state index in [1.807, 2.05) is 0 Å². The molecular formula is C25H50. The summed E-state index contributed by atoms with van der Waals surface area (Å²) in [6.45, 7) is 4.83. The van der Waals surface area contributed by atoms with Gasteiger partial charge < -0.3 is 0 Å². The van der Waals surface area contributed by atoms with Crippen molar-refractivity contribution in [3.63, 3.8) is 0 Å². The first-order valence-electron chi connectivity index (χ1n) is 12.3. The Hall–Kier alpha value is 0. The minimum absolute atomic E-state index is 1.00. The molecule has 0 N–H and O–H groups in total. The quantitative estimate of drug-likeness (QED) is 0.229. The lowest BCUT2D eigenvalue weighted by Crippen LogP contribution is -2.15. The predicted molar refractivity (Wildman–Crippen MR) is 115 cm³/mol. The van der Waals surface area contributed by atoms with Crippen molar-refractivity contribution >= 4 is 0 Å². The summed E-state index contributed by atoms with van der Waals surface area (Å²) < 4.78 is 0. The van der Waals surface area contributed by atoms with Crippen LogP contribution in [0.1, 0.15) is 149 Å². The van der Waals surface area contributed by atoms with E-state index in [4.69, 9.17) is 0 Å². The Bertz CT molecular complexity index is 251. The molecule has 0 nitrogen and oxygen atoms in total. The van der Waals surface area contributed by atoms with Gasteiger partial charge in [0.05, 0.1) is 0 Å². The maximum absolute atomic E-state index is 2.53. The van der Waals surface area contributed by atoms with E-state index in [2.05, 4.69) is 13.8 Å². The Morgan fingerprint density at radius 3 is 1.40 bits per heavy atom. The minimum Gasteiger partial charge on any atom is -0.0654 e. The van der Waals surface area contributed by atoms with E-state index >= 15 is 0 Å². The Kier molecular flexibility index (Phi) is 16.1. The molecule has 1 unspecified atom stereocenters. The first-order chi connectivity index (χ1) is 12.3. The lowest BCUT2D eigenvalue weighted by atomic mass is 9.79. The van der Waals surface area contributed by atoms with Gasteiger partial charge in [-0.1, -0.05) is 149 Å². The summed E-state index contributed by atoms with van der Waals surface area (Å²) >= 11 is 0. The summed E-state index contributed by atoms with van der Waals surface area (Å²) in [7, 11) is 0. The highest BCUT2D eigenvalue weighted by molar-refractivity contribution is 4.71. The normalized spacial score (nSPS) is 17.0. The maximum Gasteiger partial charge on any atom is -0.0388 e. The van der Waals surface area contributed by atoms with Crippen molar-refractivity contribution in [2.45, 2.75) is 149 Å². The molecule has 25 heavy (non-hydrogen) atoms. The SMILES string of the molecule is CCCCCCCCCCCCCCCCCC(C)C1CCCCC1. The molecule has 0 aromatic heterocycles. The van der Waals surface area contributed by atoms with Crippen molar-refractivity contribution in [1.82, 2.24) is 0 Å². The van der Waals surface area contributed by atoms with Crippen molar-refractivity contribution in [1.29, 1.82) is 0 Å². The van der Waals surface area contributed by atoms with E-state index < -0.39 is 0 Å². The third-order valence-corrected chi connectivity index (χ3v) is 6.72. The molecule has 1 fully saturated rings. The molecular weight excluding hydrogens is 300 g/mol. The summed E-state index contributed by atoms with van der Waals surface area (Å²) in [6, 6.07) is 0. The van der Waals surface area contributed by atoms with E-state index in [0.717, 1.165) is 11.8 Å². The van der Waals surface area contributed by atoms with E-state index in [1.165, 1.54) is 135 Å². The molecule has 1 saturated carbocycles. The van der Waals surface area contributed by atoms with Crippen LogP contribution in [0.3, 0.4) is 0 Å². The molecule has 0 saturated heterocycles. The lowest BCUT2D eigenvalue weighted by molar-refractivity contribution is 0.247. The first-order valence-corrected chi connectivity index (χ1v) is 12.3. The second-order valence-corrected chi connectivity index (χ2v) is 9.11.